The molecule has 1 aromatic heterocycles. The van der Waals surface area contributed by atoms with Crippen molar-refractivity contribution in [1.29, 1.82) is 5.26 Å². The monoisotopic (exact) mass is 312 g/mol. The highest BCUT2D eigenvalue weighted by Crippen LogP contribution is 2.14. The van der Waals surface area contributed by atoms with Crippen molar-refractivity contribution < 1.29 is 9.90 Å². The van der Waals surface area contributed by atoms with E-state index in [2.05, 4.69) is 5.32 Å². The third kappa shape index (κ3) is 4.47. The first-order chi connectivity index (χ1) is 10.6. The van der Waals surface area contributed by atoms with Gasteiger partial charge in [0, 0.05) is 17.3 Å². The fourth-order valence-electron chi connectivity index (χ4n) is 1.97. The van der Waals surface area contributed by atoms with Gasteiger partial charge >= 0.3 is 0 Å². The second-order valence-electron chi connectivity index (χ2n) is 4.92. The quantitative estimate of drug-likeness (QED) is 0.658. The Labute approximate surface area is 133 Å². The number of benzene rings is 1. The molecule has 0 saturated heterocycles. The van der Waals surface area contributed by atoms with Crippen LogP contribution >= 0.6 is 11.3 Å². The van der Waals surface area contributed by atoms with Crippen molar-refractivity contribution in [2.24, 2.45) is 0 Å². The molecule has 1 amide bonds. The van der Waals surface area contributed by atoms with E-state index in [0.29, 0.717) is 5.56 Å². The van der Waals surface area contributed by atoms with E-state index in [9.17, 15) is 9.90 Å². The van der Waals surface area contributed by atoms with Gasteiger partial charge in [0.25, 0.3) is 5.91 Å². The summed E-state index contributed by atoms with van der Waals surface area (Å²) >= 11 is 1.64. The van der Waals surface area contributed by atoms with Crippen molar-refractivity contribution in [3.63, 3.8) is 0 Å². The molecule has 2 N–H and O–H groups in total. The van der Waals surface area contributed by atoms with E-state index < -0.39 is 0 Å². The molecule has 0 fully saturated rings. The molecule has 112 valence electrons. The van der Waals surface area contributed by atoms with Crippen LogP contribution in [0.1, 0.15) is 17.4 Å². The first kappa shape index (κ1) is 15.8. The van der Waals surface area contributed by atoms with E-state index in [4.69, 9.17) is 5.26 Å². The number of phenolic OH excluding ortho intramolecular Hbond substituents is 1. The lowest BCUT2D eigenvalue weighted by Gasteiger charge is -2.12. The number of amides is 1. The maximum atomic E-state index is 12.1. The minimum Gasteiger partial charge on any atom is -0.508 e. The minimum atomic E-state index is -0.389. The van der Waals surface area contributed by atoms with Crippen molar-refractivity contribution >= 4 is 23.3 Å². The lowest BCUT2D eigenvalue weighted by atomic mass is 10.1. The van der Waals surface area contributed by atoms with Gasteiger partial charge in [-0.3, -0.25) is 4.79 Å². The highest BCUT2D eigenvalue weighted by Gasteiger charge is 2.13. The molecular formula is C17H16N2O2S. The summed E-state index contributed by atoms with van der Waals surface area (Å²) in [6.45, 7) is 1.91. The Kier molecular flexibility index (Phi) is 5.34. The third-order valence-electron chi connectivity index (χ3n) is 3.03. The number of nitrogens with one attached hydrogen (secondary N) is 1. The number of thiophene rings is 1. The molecular weight excluding hydrogens is 296 g/mol. The minimum absolute atomic E-state index is 0.0451. The molecule has 5 heteroatoms. The highest BCUT2D eigenvalue weighted by molar-refractivity contribution is 7.09. The topological polar surface area (TPSA) is 73.1 Å². The maximum Gasteiger partial charge on any atom is 0.262 e. The Morgan fingerprint density at radius 1 is 1.41 bits per heavy atom. The Morgan fingerprint density at radius 3 is 2.73 bits per heavy atom. The Bertz CT molecular complexity index is 697. The van der Waals surface area contributed by atoms with Crippen molar-refractivity contribution in [3.8, 4) is 11.8 Å². The average Bonchev–Trinajstić information content (AvgIpc) is 2.99. The van der Waals surface area contributed by atoms with Crippen LogP contribution < -0.4 is 5.32 Å². The standard InChI is InChI=1S/C17H16N2O2S/c1-12(9-16-3-2-8-22-16)19-17(21)14(11-18)10-13-4-6-15(20)7-5-13/h2-8,10,12,20H,9H2,1H3,(H,19,21)/b14-10+. The summed E-state index contributed by atoms with van der Waals surface area (Å²) in [5.74, 6) is -0.246. The first-order valence-electron chi connectivity index (χ1n) is 6.82. The first-order valence-corrected chi connectivity index (χ1v) is 7.70. The summed E-state index contributed by atoms with van der Waals surface area (Å²) in [5.41, 5.74) is 0.735. The largest absolute Gasteiger partial charge is 0.508 e. The van der Waals surface area contributed by atoms with Crippen molar-refractivity contribution in [3.05, 3.63) is 57.8 Å². The molecule has 2 aromatic rings. The molecule has 0 saturated carbocycles. The molecule has 1 heterocycles. The van der Waals surface area contributed by atoms with E-state index in [1.165, 1.54) is 23.1 Å². The third-order valence-corrected chi connectivity index (χ3v) is 3.93. The molecule has 4 nitrogen and oxygen atoms in total. The molecule has 0 spiro atoms. The number of carbonyl (C=O) groups excluding carboxylic acids is 1. The summed E-state index contributed by atoms with van der Waals surface area (Å²) in [6.07, 6.45) is 2.24. The van der Waals surface area contributed by atoms with Crippen LogP contribution in [0.25, 0.3) is 6.08 Å². The van der Waals surface area contributed by atoms with Crippen LogP contribution in [0.15, 0.2) is 47.4 Å². The smallest absolute Gasteiger partial charge is 0.262 e. The number of nitrogens with zero attached hydrogens (tertiary/aromatic N) is 1. The fraction of sp³-hybridized carbons (Fsp3) is 0.176. The van der Waals surface area contributed by atoms with Crippen molar-refractivity contribution in [2.75, 3.05) is 0 Å². The predicted octanol–water partition coefficient (Wildman–Crippen LogP) is 3.11. The summed E-state index contributed by atoms with van der Waals surface area (Å²) in [7, 11) is 0. The van der Waals surface area contributed by atoms with Crippen LogP contribution in [-0.2, 0) is 11.2 Å². The molecule has 0 radical (unpaired) electrons. The predicted molar refractivity (Wildman–Crippen MR) is 87.3 cm³/mol. The lowest BCUT2D eigenvalue weighted by Crippen LogP contribution is -2.34. The number of nitriles is 1. The Balaban J connectivity index is 2.02. The van der Waals surface area contributed by atoms with Crippen molar-refractivity contribution in [1.82, 2.24) is 5.32 Å². The molecule has 1 aromatic carbocycles. The molecule has 0 aliphatic rings. The van der Waals surface area contributed by atoms with Crippen LogP contribution in [0, 0.1) is 11.3 Å². The van der Waals surface area contributed by atoms with Gasteiger partial charge in [0.2, 0.25) is 0 Å². The van der Waals surface area contributed by atoms with Gasteiger partial charge in [-0.05, 0) is 42.1 Å². The normalized spacial score (nSPS) is 12.5. The molecule has 2 rings (SSSR count). The summed E-state index contributed by atoms with van der Waals surface area (Å²) < 4.78 is 0. The molecule has 0 aliphatic carbocycles. The van der Waals surface area contributed by atoms with Crippen LogP contribution in [0.2, 0.25) is 0 Å². The van der Waals surface area contributed by atoms with Crippen LogP contribution in [0.4, 0.5) is 0 Å². The zero-order chi connectivity index (χ0) is 15.9. The van der Waals surface area contributed by atoms with E-state index in [1.807, 2.05) is 30.5 Å². The van der Waals surface area contributed by atoms with E-state index in [-0.39, 0.29) is 23.3 Å². The molecule has 1 unspecified atom stereocenters. The van der Waals surface area contributed by atoms with Gasteiger partial charge in [-0.15, -0.1) is 11.3 Å². The SMILES string of the molecule is CC(Cc1cccs1)NC(=O)/C(C#N)=C/c1ccc(O)cc1. The lowest BCUT2D eigenvalue weighted by molar-refractivity contribution is -0.117. The highest BCUT2D eigenvalue weighted by atomic mass is 32.1. The van der Waals surface area contributed by atoms with Crippen LogP contribution in [0.5, 0.6) is 5.75 Å². The van der Waals surface area contributed by atoms with Gasteiger partial charge in [0.1, 0.15) is 17.4 Å². The zero-order valence-corrected chi connectivity index (χ0v) is 12.9. The summed E-state index contributed by atoms with van der Waals surface area (Å²) in [6, 6.07) is 12.2. The number of aromatic hydroxyl groups is 1. The van der Waals surface area contributed by atoms with E-state index >= 15 is 0 Å². The van der Waals surface area contributed by atoms with E-state index in [0.717, 1.165) is 6.42 Å². The van der Waals surface area contributed by atoms with Gasteiger partial charge in [-0.25, -0.2) is 0 Å². The van der Waals surface area contributed by atoms with Gasteiger partial charge in [-0.1, -0.05) is 18.2 Å². The fourth-order valence-corrected chi connectivity index (χ4v) is 2.80. The summed E-state index contributed by atoms with van der Waals surface area (Å²) in [4.78, 5) is 13.3. The van der Waals surface area contributed by atoms with Gasteiger partial charge in [0.15, 0.2) is 0 Å². The maximum absolute atomic E-state index is 12.1. The van der Waals surface area contributed by atoms with Gasteiger partial charge in [-0.2, -0.15) is 5.26 Å². The van der Waals surface area contributed by atoms with E-state index in [1.54, 1.807) is 23.5 Å². The second kappa shape index (κ2) is 7.43. The zero-order valence-electron chi connectivity index (χ0n) is 12.1. The number of phenols is 1. The number of hydrogen-bond donors (Lipinski definition) is 2. The molecule has 0 aliphatic heterocycles. The van der Waals surface area contributed by atoms with Gasteiger partial charge < -0.3 is 10.4 Å². The average molecular weight is 312 g/mol. The number of rotatable bonds is 5. The van der Waals surface area contributed by atoms with Crippen molar-refractivity contribution in [2.45, 2.75) is 19.4 Å². The molecule has 22 heavy (non-hydrogen) atoms. The second-order valence-corrected chi connectivity index (χ2v) is 5.95. The molecule has 0 bridgehead atoms. The number of carbonyl (C=O) groups is 1. The Hall–Kier alpha value is -2.58. The number of hydrogen-bond acceptors (Lipinski definition) is 4. The Morgan fingerprint density at radius 2 is 2.14 bits per heavy atom. The molecule has 1 atom stereocenters. The van der Waals surface area contributed by atoms with Crippen LogP contribution in [-0.4, -0.2) is 17.1 Å². The summed E-state index contributed by atoms with van der Waals surface area (Å²) in [5, 5.41) is 23.2. The van der Waals surface area contributed by atoms with Gasteiger partial charge in [0.05, 0.1) is 0 Å². The van der Waals surface area contributed by atoms with Crippen LogP contribution in [0.3, 0.4) is 0 Å².